The number of ether oxygens (including phenoxy) is 1. The normalized spacial score (nSPS) is 13.7. The second kappa shape index (κ2) is 6.27. The van der Waals surface area contributed by atoms with Crippen LogP contribution in [0.25, 0.3) is 0 Å². The van der Waals surface area contributed by atoms with E-state index < -0.39 is 5.97 Å². The minimum atomic E-state index is -0.992. The summed E-state index contributed by atoms with van der Waals surface area (Å²) < 4.78 is 5.11. The van der Waals surface area contributed by atoms with Gasteiger partial charge in [0.05, 0.1) is 7.11 Å². The molecular formula is C14H18N2O4. The summed E-state index contributed by atoms with van der Waals surface area (Å²) in [5, 5.41) is 11.6. The lowest BCUT2D eigenvalue weighted by atomic mass is 10.2. The number of aliphatic carboxylic acids is 1. The van der Waals surface area contributed by atoms with Crippen molar-refractivity contribution in [3.63, 3.8) is 0 Å². The monoisotopic (exact) mass is 278 g/mol. The van der Waals surface area contributed by atoms with Crippen molar-refractivity contribution in [3.8, 4) is 5.75 Å². The van der Waals surface area contributed by atoms with Crippen LogP contribution in [0.1, 0.15) is 18.4 Å². The van der Waals surface area contributed by atoms with E-state index in [-0.39, 0.29) is 18.6 Å². The third kappa shape index (κ3) is 3.88. The maximum Gasteiger partial charge on any atom is 0.323 e. The number of carboxylic acids is 1. The Kier molecular flexibility index (Phi) is 4.45. The van der Waals surface area contributed by atoms with Crippen molar-refractivity contribution < 1.29 is 19.4 Å². The average Bonchev–Trinajstić information content (AvgIpc) is 3.26. The Morgan fingerprint density at radius 3 is 2.80 bits per heavy atom. The molecule has 108 valence electrons. The number of nitrogens with zero attached hydrogens (tertiary/aromatic N) is 1. The summed E-state index contributed by atoms with van der Waals surface area (Å²) in [6, 6.07) is 7.11. The van der Waals surface area contributed by atoms with Crippen LogP contribution in [0, 0.1) is 0 Å². The fourth-order valence-electron chi connectivity index (χ4n) is 1.96. The maximum atomic E-state index is 12.0. The Hall–Kier alpha value is -2.24. The molecule has 0 atom stereocenters. The van der Waals surface area contributed by atoms with Crippen LogP contribution in [0.15, 0.2) is 24.3 Å². The van der Waals surface area contributed by atoms with Crippen molar-refractivity contribution in [2.45, 2.75) is 25.4 Å². The molecule has 0 unspecified atom stereocenters. The molecule has 1 saturated carbocycles. The Morgan fingerprint density at radius 2 is 2.20 bits per heavy atom. The molecule has 1 fully saturated rings. The third-order valence-corrected chi connectivity index (χ3v) is 3.13. The van der Waals surface area contributed by atoms with Gasteiger partial charge in [0.2, 0.25) is 0 Å². The zero-order chi connectivity index (χ0) is 14.5. The van der Waals surface area contributed by atoms with Gasteiger partial charge in [-0.3, -0.25) is 4.79 Å². The largest absolute Gasteiger partial charge is 0.497 e. The van der Waals surface area contributed by atoms with Crippen molar-refractivity contribution in [2.24, 2.45) is 0 Å². The molecule has 0 radical (unpaired) electrons. The minimum absolute atomic E-state index is 0.0661. The zero-order valence-corrected chi connectivity index (χ0v) is 11.3. The van der Waals surface area contributed by atoms with Gasteiger partial charge in [0.15, 0.2) is 0 Å². The highest BCUT2D eigenvalue weighted by Gasteiger charge is 2.33. The first-order valence-electron chi connectivity index (χ1n) is 6.49. The molecule has 0 aromatic heterocycles. The number of urea groups is 1. The molecule has 2 amide bonds. The number of benzene rings is 1. The summed E-state index contributed by atoms with van der Waals surface area (Å²) >= 11 is 0. The fourth-order valence-corrected chi connectivity index (χ4v) is 1.96. The van der Waals surface area contributed by atoms with Crippen molar-refractivity contribution in [1.82, 2.24) is 10.2 Å². The van der Waals surface area contributed by atoms with Crippen LogP contribution >= 0.6 is 0 Å². The van der Waals surface area contributed by atoms with E-state index in [1.807, 2.05) is 24.3 Å². The molecule has 1 aliphatic carbocycles. The van der Waals surface area contributed by atoms with Crippen molar-refractivity contribution >= 4 is 12.0 Å². The minimum Gasteiger partial charge on any atom is -0.497 e. The number of nitrogens with one attached hydrogen (secondary N) is 1. The Bertz CT molecular complexity index is 500. The van der Waals surface area contributed by atoms with Gasteiger partial charge in [0.25, 0.3) is 0 Å². The number of methoxy groups -OCH3 is 1. The smallest absolute Gasteiger partial charge is 0.323 e. The van der Waals surface area contributed by atoms with Crippen LogP contribution in [0.5, 0.6) is 5.75 Å². The third-order valence-electron chi connectivity index (χ3n) is 3.13. The number of carbonyl (C=O) groups is 2. The molecular weight excluding hydrogens is 260 g/mol. The SMILES string of the molecule is COc1cccc(CNC(=O)N(CC(=O)O)C2CC2)c1. The summed E-state index contributed by atoms with van der Waals surface area (Å²) in [6.45, 7) is 0.0908. The van der Waals surface area contributed by atoms with E-state index in [9.17, 15) is 9.59 Å². The van der Waals surface area contributed by atoms with Crippen LogP contribution in [0.4, 0.5) is 4.79 Å². The van der Waals surface area contributed by atoms with Crippen LogP contribution < -0.4 is 10.1 Å². The summed E-state index contributed by atoms with van der Waals surface area (Å²) in [7, 11) is 1.58. The molecule has 0 saturated heterocycles. The zero-order valence-electron chi connectivity index (χ0n) is 11.3. The summed E-state index contributed by atoms with van der Waals surface area (Å²) in [5.41, 5.74) is 0.906. The van der Waals surface area contributed by atoms with Gasteiger partial charge in [0.1, 0.15) is 12.3 Å². The van der Waals surface area contributed by atoms with Crippen LogP contribution in [-0.4, -0.2) is 41.7 Å². The van der Waals surface area contributed by atoms with E-state index in [2.05, 4.69) is 5.32 Å². The number of rotatable bonds is 6. The molecule has 0 heterocycles. The Morgan fingerprint density at radius 1 is 1.45 bits per heavy atom. The highest BCUT2D eigenvalue weighted by atomic mass is 16.5. The topological polar surface area (TPSA) is 78.9 Å². The van der Waals surface area contributed by atoms with E-state index in [0.29, 0.717) is 6.54 Å². The molecule has 6 heteroatoms. The molecule has 1 aromatic rings. The lowest BCUT2D eigenvalue weighted by Gasteiger charge is -2.20. The van der Waals surface area contributed by atoms with E-state index in [0.717, 1.165) is 24.2 Å². The first-order chi connectivity index (χ1) is 9.60. The number of amides is 2. The van der Waals surface area contributed by atoms with Crippen molar-refractivity contribution in [3.05, 3.63) is 29.8 Å². The van der Waals surface area contributed by atoms with Gasteiger partial charge in [0, 0.05) is 12.6 Å². The van der Waals surface area contributed by atoms with E-state index in [1.54, 1.807) is 7.11 Å². The summed E-state index contributed by atoms with van der Waals surface area (Å²) in [4.78, 5) is 24.2. The number of carboxylic acid groups (broad SMARTS) is 1. The van der Waals surface area contributed by atoms with Gasteiger partial charge in [-0.25, -0.2) is 4.79 Å². The molecule has 0 bridgehead atoms. The standard InChI is InChI=1S/C14H18N2O4/c1-20-12-4-2-3-10(7-12)8-15-14(19)16(9-13(17)18)11-5-6-11/h2-4,7,11H,5-6,8-9H2,1H3,(H,15,19)(H,17,18). The second-order valence-corrected chi connectivity index (χ2v) is 4.76. The molecule has 6 nitrogen and oxygen atoms in total. The highest BCUT2D eigenvalue weighted by molar-refractivity contribution is 5.80. The summed E-state index contributed by atoms with van der Waals surface area (Å²) in [5.74, 6) is -0.269. The van der Waals surface area contributed by atoms with Crippen molar-refractivity contribution in [1.29, 1.82) is 0 Å². The summed E-state index contributed by atoms with van der Waals surface area (Å²) in [6.07, 6.45) is 1.75. The molecule has 20 heavy (non-hydrogen) atoms. The maximum absolute atomic E-state index is 12.0. The van der Waals surface area contributed by atoms with E-state index in [4.69, 9.17) is 9.84 Å². The van der Waals surface area contributed by atoms with Gasteiger partial charge in [-0.15, -0.1) is 0 Å². The van der Waals surface area contributed by atoms with Crippen LogP contribution in [0.2, 0.25) is 0 Å². The van der Waals surface area contributed by atoms with E-state index >= 15 is 0 Å². The number of carbonyl (C=O) groups excluding carboxylic acids is 1. The molecule has 0 aliphatic heterocycles. The van der Waals surface area contributed by atoms with Crippen LogP contribution in [-0.2, 0) is 11.3 Å². The van der Waals surface area contributed by atoms with E-state index in [1.165, 1.54) is 4.90 Å². The van der Waals surface area contributed by atoms with Gasteiger partial charge in [-0.2, -0.15) is 0 Å². The quantitative estimate of drug-likeness (QED) is 0.825. The predicted molar refractivity (Wildman–Crippen MR) is 72.6 cm³/mol. The first kappa shape index (κ1) is 14.2. The number of hydrogen-bond acceptors (Lipinski definition) is 3. The fraction of sp³-hybridized carbons (Fsp3) is 0.429. The predicted octanol–water partition coefficient (Wildman–Crippen LogP) is 1.45. The highest BCUT2D eigenvalue weighted by Crippen LogP contribution is 2.26. The lowest BCUT2D eigenvalue weighted by molar-refractivity contribution is -0.137. The van der Waals surface area contributed by atoms with Crippen molar-refractivity contribution in [2.75, 3.05) is 13.7 Å². The van der Waals surface area contributed by atoms with Gasteiger partial charge in [-0.05, 0) is 30.5 Å². The average molecular weight is 278 g/mol. The number of hydrogen-bond donors (Lipinski definition) is 2. The molecule has 1 aliphatic rings. The Labute approximate surface area is 117 Å². The second-order valence-electron chi connectivity index (χ2n) is 4.76. The lowest BCUT2D eigenvalue weighted by Crippen LogP contribution is -2.43. The van der Waals surface area contributed by atoms with Gasteiger partial charge in [-0.1, -0.05) is 12.1 Å². The molecule has 0 spiro atoms. The molecule has 2 N–H and O–H groups in total. The molecule has 2 rings (SSSR count). The Balaban J connectivity index is 1.91. The van der Waals surface area contributed by atoms with Gasteiger partial charge < -0.3 is 20.1 Å². The molecule has 1 aromatic carbocycles. The van der Waals surface area contributed by atoms with Gasteiger partial charge >= 0.3 is 12.0 Å². The first-order valence-corrected chi connectivity index (χ1v) is 6.49. The van der Waals surface area contributed by atoms with Crippen LogP contribution in [0.3, 0.4) is 0 Å².